The molecule has 0 heterocycles. The zero-order chi connectivity index (χ0) is 16.2. The molecule has 3 nitrogen and oxygen atoms in total. The van der Waals surface area contributed by atoms with Gasteiger partial charge in [0.2, 0.25) is 0 Å². The topological polar surface area (TPSA) is 40.5 Å². The standard InChI is InChI=1S/C20H23NO2/c1-21(17-9-2-3-10-17)14-15-7-6-8-16(13-15)18-11-4-5-12-19(18)20(22)23/h4-8,11-13,17H,2-3,9-10,14H2,1H3,(H,22,23). The summed E-state index contributed by atoms with van der Waals surface area (Å²) in [6.45, 7) is 0.910. The van der Waals surface area contributed by atoms with Crippen LogP contribution in [-0.2, 0) is 6.54 Å². The Morgan fingerprint density at radius 3 is 2.61 bits per heavy atom. The summed E-state index contributed by atoms with van der Waals surface area (Å²) < 4.78 is 0. The normalized spacial score (nSPS) is 15.2. The molecule has 1 fully saturated rings. The molecule has 0 unspecified atom stereocenters. The Labute approximate surface area is 137 Å². The lowest BCUT2D eigenvalue weighted by molar-refractivity contribution is 0.0697. The van der Waals surface area contributed by atoms with E-state index in [4.69, 9.17) is 0 Å². The second-order valence-electron chi connectivity index (χ2n) is 6.40. The molecular formula is C20H23NO2. The van der Waals surface area contributed by atoms with Gasteiger partial charge in [0.15, 0.2) is 0 Å². The van der Waals surface area contributed by atoms with Gasteiger partial charge in [-0.15, -0.1) is 0 Å². The highest BCUT2D eigenvalue weighted by atomic mass is 16.4. The molecule has 1 saturated carbocycles. The number of nitrogens with zero attached hydrogens (tertiary/aromatic N) is 1. The number of rotatable bonds is 5. The van der Waals surface area contributed by atoms with Gasteiger partial charge in [-0.1, -0.05) is 49.2 Å². The largest absolute Gasteiger partial charge is 0.478 e. The molecule has 0 aromatic heterocycles. The zero-order valence-electron chi connectivity index (χ0n) is 13.5. The second-order valence-corrected chi connectivity index (χ2v) is 6.40. The van der Waals surface area contributed by atoms with Crippen LogP contribution in [0.25, 0.3) is 11.1 Å². The molecule has 0 bridgehead atoms. The first-order valence-corrected chi connectivity index (χ1v) is 8.27. The monoisotopic (exact) mass is 309 g/mol. The summed E-state index contributed by atoms with van der Waals surface area (Å²) in [4.78, 5) is 13.8. The van der Waals surface area contributed by atoms with Crippen molar-refractivity contribution in [3.63, 3.8) is 0 Å². The predicted octanol–water partition coefficient (Wildman–Crippen LogP) is 4.43. The molecule has 1 N–H and O–H groups in total. The summed E-state index contributed by atoms with van der Waals surface area (Å²) in [6, 6.07) is 16.1. The van der Waals surface area contributed by atoms with Crippen molar-refractivity contribution >= 4 is 5.97 Å². The van der Waals surface area contributed by atoms with Gasteiger partial charge in [-0.05, 0) is 48.7 Å². The molecule has 0 saturated heterocycles. The van der Waals surface area contributed by atoms with E-state index < -0.39 is 5.97 Å². The van der Waals surface area contributed by atoms with Crippen LogP contribution in [0.1, 0.15) is 41.6 Å². The lowest BCUT2D eigenvalue weighted by atomic mass is 9.98. The summed E-state index contributed by atoms with van der Waals surface area (Å²) in [7, 11) is 2.19. The fraction of sp³-hybridized carbons (Fsp3) is 0.350. The van der Waals surface area contributed by atoms with Crippen molar-refractivity contribution in [3.8, 4) is 11.1 Å². The lowest BCUT2D eigenvalue weighted by Crippen LogP contribution is -2.28. The molecule has 0 atom stereocenters. The zero-order valence-corrected chi connectivity index (χ0v) is 13.5. The van der Waals surface area contributed by atoms with Gasteiger partial charge in [-0.25, -0.2) is 4.79 Å². The van der Waals surface area contributed by atoms with E-state index in [1.807, 2.05) is 24.3 Å². The number of hydrogen-bond acceptors (Lipinski definition) is 2. The van der Waals surface area contributed by atoms with E-state index in [-0.39, 0.29) is 0 Å². The molecule has 2 aromatic rings. The number of carboxylic acids is 1. The van der Waals surface area contributed by atoms with Crippen LogP contribution in [0.5, 0.6) is 0 Å². The Balaban J connectivity index is 1.84. The van der Waals surface area contributed by atoms with Gasteiger partial charge < -0.3 is 5.11 Å². The fourth-order valence-corrected chi connectivity index (χ4v) is 3.52. The average molecular weight is 309 g/mol. The summed E-state index contributed by atoms with van der Waals surface area (Å²) in [5.74, 6) is -0.880. The van der Waals surface area contributed by atoms with Gasteiger partial charge in [0.05, 0.1) is 5.56 Å². The van der Waals surface area contributed by atoms with Crippen molar-refractivity contribution in [2.75, 3.05) is 7.05 Å². The highest BCUT2D eigenvalue weighted by molar-refractivity contribution is 5.96. The number of carboxylic acid groups (broad SMARTS) is 1. The van der Waals surface area contributed by atoms with E-state index in [1.165, 1.54) is 31.2 Å². The van der Waals surface area contributed by atoms with Crippen LogP contribution in [0.3, 0.4) is 0 Å². The molecule has 120 valence electrons. The first-order valence-electron chi connectivity index (χ1n) is 8.27. The van der Waals surface area contributed by atoms with Crippen molar-refractivity contribution in [1.82, 2.24) is 4.90 Å². The van der Waals surface area contributed by atoms with E-state index >= 15 is 0 Å². The van der Waals surface area contributed by atoms with E-state index in [9.17, 15) is 9.90 Å². The third kappa shape index (κ3) is 3.62. The maximum Gasteiger partial charge on any atom is 0.336 e. The number of benzene rings is 2. The third-order valence-electron chi connectivity index (χ3n) is 4.78. The molecule has 0 radical (unpaired) electrons. The number of hydrogen-bond donors (Lipinski definition) is 1. The lowest BCUT2D eigenvalue weighted by Gasteiger charge is -2.24. The van der Waals surface area contributed by atoms with Crippen molar-refractivity contribution in [1.29, 1.82) is 0 Å². The van der Waals surface area contributed by atoms with E-state index in [1.54, 1.807) is 12.1 Å². The van der Waals surface area contributed by atoms with Crippen LogP contribution in [0.4, 0.5) is 0 Å². The van der Waals surface area contributed by atoms with Crippen molar-refractivity contribution < 1.29 is 9.90 Å². The maximum absolute atomic E-state index is 11.4. The van der Waals surface area contributed by atoms with Crippen LogP contribution >= 0.6 is 0 Å². The Morgan fingerprint density at radius 2 is 1.87 bits per heavy atom. The summed E-state index contributed by atoms with van der Waals surface area (Å²) >= 11 is 0. The molecule has 2 aromatic carbocycles. The highest BCUT2D eigenvalue weighted by Gasteiger charge is 2.19. The molecule has 23 heavy (non-hydrogen) atoms. The molecule has 0 aliphatic heterocycles. The molecular weight excluding hydrogens is 286 g/mol. The molecule has 1 aliphatic carbocycles. The SMILES string of the molecule is CN(Cc1cccc(-c2ccccc2C(=O)O)c1)C1CCCC1. The van der Waals surface area contributed by atoms with Crippen molar-refractivity contribution in [2.45, 2.75) is 38.3 Å². The first kappa shape index (κ1) is 15.8. The molecule has 0 spiro atoms. The van der Waals surface area contributed by atoms with Crippen molar-refractivity contribution in [2.24, 2.45) is 0 Å². The van der Waals surface area contributed by atoms with E-state index in [0.717, 1.165) is 17.7 Å². The fourth-order valence-electron chi connectivity index (χ4n) is 3.52. The Bertz CT molecular complexity index is 690. The number of aromatic carboxylic acids is 1. The van der Waals surface area contributed by atoms with E-state index in [2.05, 4.69) is 24.1 Å². The third-order valence-corrected chi connectivity index (χ3v) is 4.78. The average Bonchev–Trinajstić information content (AvgIpc) is 3.10. The second kappa shape index (κ2) is 6.97. The smallest absolute Gasteiger partial charge is 0.336 e. The van der Waals surface area contributed by atoms with Crippen molar-refractivity contribution in [3.05, 3.63) is 59.7 Å². The van der Waals surface area contributed by atoms with Gasteiger partial charge in [0.25, 0.3) is 0 Å². The summed E-state index contributed by atoms with van der Waals surface area (Å²) in [5.41, 5.74) is 3.34. The van der Waals surface area contributed by atoms with Crippen LogP contribution in [0.15, 0.2) is 48.5 Å². The van der Waals surface area contributed by atoms with Gasteiger partial charge in [0, 0.05) is 12.6 Å². The number of carbonyl (C=O) groups is 1. The first-order chi connectivity index (χ1) is 11.1. The molecule has 1 aliphatic rings. The minimum absolute atomic E-state index is 0.355. The Hall–Kier alpha value is -2.13. The van der Waals surface area contributed by atoms with Gasteiger partial charge in [-0.2, -0.15) is 0 Å². The molecule has 3 heteroatoms. The van der Waals surface area contributed by atoms with Crippen LogP contribution in [-0.4, -0.2) is 29.1 Å². The van der Waals surface area contributed by atoms with Crippen LogP contribution < -0.4 is 0 Å². The van der Waals surface area contributed by atoms with Gasteiger partial charge in [-0.3, -0.25) is 4.90 Å². The summed E-state index contributed by atoms with van der Waals surface area (Å²) in [5, 5.41) is 9.38. The van der Waals surface area contributed by atoms with Crippen LogP contribution in [0.2, 0.25) is 0 Å². The molecule has 0 amide bonds. The maximum atomic E-state index is 11.4. The van der Waals surface area contributed by atoms with E-state index in [0.29, 0.717) is 11.6 Å². The Morgan fingerprint density at radius 1 is 1.13 bits per heavy atom. The van der Waals surface area contributed by atoms with Gasteiger partial charge in [0.1, 0.15) is 0 Å². The highest BCUT2D eigenvalue weighted by Crippen LogP contribution is 2.27. The quantitative estimate of drug-likeness (QED) is 0.888. The Kier molecular flexibility index (Phi) is 4.77. The molecule has 3 rings (SSSR count). The minimum atomic E-state index is -0.880. The summed E-state index contributed by atoms with van der Waals surface area (Å²) in [6.07, 6.45) is 5.25. The predicted molar refractivity (Wildman–Crippen MR) is 92.6 cm³/mol. The van der Waals surface area contributed by atoms with Crippen LogP contribution in [0, 0.1) is 0 Å². The minimum Gasteiger partial charge on any atom is -0.478 e. The van der Waals surface area contributed by atoms with Gasteiger partial charge >= 0.3 is 5.97 Å².